The smallest absolute Gasteiger partial charge is 0.230 e. The van der Waals surface area contributed by atoms with Crippen molar-refractivity contribution in [2.24, 2.45) is 5.92 Å². The van der Waals surface area contributed by atoms with Gasteiger partial charge >= 0.3 is 0 Å². The molecule has 0 aromatic heterocycles. The van der Waals surface area contributed by atoms with E-state index in [4.69, 9.17) is 4.74 Å². The van der Waals surface area contributed by atoms with Crippen molar-refractivity contribution in [1.82, 2.24) is 5.32 Å². The van der Waals surface area contributed by atoms with Crippen LogP contribution in [0.1, 0.15) is 32.6 Å². The zero-order valence-corrected chi connectivity index (χ0v) is 15.4. The van der Waals surface area contributed by atoms with E-state index < -0.39 is 0 Å². The topological polar surface area (TPSA) is 38.3 Å². The highest BCUT2D eigenvalue weighted by Gasteiger charge is 2.22. The second kappa shape index (κ2) is 9.46. The number of amides is 1. The molecule has 5 heteroatoms. The van der Waals surface area contributed by atoms with E-state index in [0.717, 1.165) is 22.4 Å². The van der Waals surface area contributed by atoms with Gasteiger partial charge in [-0.1, -0.05) is 41.8 Å². The Hall–Kier alpha value is -0.680. The Morgan fingerprint density at radius 2 is 2.23 bits per heavy atom. The van der Waals surface area contributed by atoms with Gasteiger partial charge in [0.05, 0.1) is 12.4 Å². The quantitative estimate of drug-likeness (QED) is 0.712. The van der Waals surface area contributed by atoms with E-state index in [1.807, 2.05) is 24.3 Å². The van der Waals surface area contributed by atoms with Crippen molar-refractivity contribution in [2.45, 2.75) is 38.6 Å². The summed E-state index contributed by atoms with van der Waals surface area (Å²) in [7, 11) is 0. The molecule has 0 spiro atoms. The molecule has 2 rings (SSSR count). The van der Waals surface area contributed by atoms with Gasteiger partial charge in [0.25, 0.3) is 0 Å². The van der Waals surface area contributed by atoms with Gasteiger partial charge in [-0.2, -0.15) is 0 Å². The fourth-order valence-corrected chi connectivity index (χ4v) is 3.71. The molecule has 1 aliphatic rings. The van der Waals surface area contributed by atoms with Gasteiger partial charge in [-0.05, 0) is 37.0 Å². The Morgan fingerprint density at radius 3 is 3.00 bits per heavy atom. The average molecular weight is 386 g/mol. The van der Waals surface area contributed by atoms with Crippen LogP contribution in [0.3, 0.4) is 0 Å². The van der Waals surface area contributed by atoms with Gasteiger partial charge in [0, 0.05) is 16.3 Å². The number of nitrogens with one attached hydrogen (secondary N) is 1. The molecule has 0 aliphatic heterocycles. The molecule has 122 valence electrons. The molecule has 0 heterocycles. The third kappa shape index (κ3) is 6.21. The summed E-state index contributed by atoms with van der Waals surface area (Å²) in [6.45, 7) is 2.86. The van der Waals surface area contributed by atoms with E-state index in [-0.39, 0.29) is 5.91 Å². The third-order valence-electron chi connectivity index (χ3n) is 3.98. The second-order valence-electron chi connectivity index (χ2n) is 5.79. The van der Waals surface area contributed by atoms with Crippen LogP contribution < -0.4 is 10.1 Å². The molecule has 1 amide bonds. The molecule has 1 fully saturated rings. The summed E-state index contributed by atoms with van der Waals surface area (Å²) in [4.78, 5) is 12.0. The average Bonchev–Trinajstić information content (AvgIpc) is 2.49. The molecule has 0 saturated heterocycles. The maximum atomic E-state index is 12.0. The second-order valence-corrected chi connectivity index (χ2v) is 7.82. The molecule has 0 bridgehead atoms. The van der Waals surface area contributed by atoms with Gasteiger partial charge in [-0.15, -0.1) is 11.8 Å². The van der Waals surface area contributed by atoms with Crippen LogP contribution in [0, 0.1) is 5.92 Å². The highest BCUT2D eigenvalue weighted by molar-refractivity contribution is 9.10. The van der Waals surface area contributed by atoms with E-state index >= 15 is 0 Å². The maximum absolute atomic E-state index is 12.0. The van der Waals surface area contributed by atoms with Crippen molar-refractivity contribution in [3.8, 4) is 5.75 Å². The Morgan fingerprint density at radius 1 is 1.41 bits per heavy atom. The van der Waals surface area contributed by atoms with Crippen LogP contribution >= 0.6 is 27.7 Å². The Labute approximate surface area is 145 Å². The normalized spacial score (nSPS) is 21.4. The summed E-state index contributed by atoms with van der Waals surface area (Å²) in [5, 5.41) is 3.18. The lowest BCUT2D eigenvalue weighted by Crippen LogP contribution is -2.41. The van der Waals surface area contributed by atoms with Crippen LogP contribution in [-0.2, 0) is 4.79 Å². The number of benzene rings is 1. The summed E-state index contributed by atoms with van der Waals surface area (Å²) in [6.07, 6.45) is 4.90. The van der Waals surface area contributed by atoms with Crippen LogP contribution in [0.2, 0.25) is 0 Å². The molecule has 0 radical (unpaired) electrons. The van der Waals surface area contributed by atoms with Crippen LogP contribution in [0.4, 0.5) is 0 Å². The summed E-state index contributed by atoms with van der Waals surface area (Å²) in [5.74, 6) is 2.97. The largest absolute Gasteiger partial charge is 0.493 e. The number of ether oxygens (including phenoxy) is 1. The lowest BCUT2D eigenvalue weighted by molar-refractivity contribution is -0.119. The summed E-state index contributed by atoms with van der Waals surface area (Å²) >= 11 is 5.04. The minimum Gasteiger partial charge on any atom is -0.493 e. The van der Waals surface area contributed by atoms with Gasteiger partial charge in [0.2, 0.25) is 5.91 Å². The van der Waals surface area contributed by atoms with Gasteiger partial charge in [-0.3, -0.25) is 4.79 Å². The van der Waals surface area contributed by atoms with Crippen molar-refractivity contribution < 1.29 is 9.53 Å². The predicted molar refractivity (Wildman–Crippen MR) is 96.5 cm³/mol. The number of hydrogen-bond donors (Lipinski definition) is 1. The lowest BCUT2D eigenvalue weighted by Gasteiger charge is -2.29. The molecular weight excluding hydrogens is 362 g/mol. The zero-order valence-electron chi connectivity index (χ0n) is 13.0. The number of hydrogen-bond acceptors (Lipinski definition) is 3. The highest BCUT2D eigenvalue weighted by atomic mass is 79.9. The molecular formula is C17H24BrNO2S. The molecule has 22 heavy (non-hydrogen) atoms. The van der Waals surface area contributed by atoms with Crippen LogP contribution in [0.5, 0.6) is 5.75 Å². The standard InChI is InChI=1S/C17H24BrNO2S/c1-13-5-2-3-8-16(13)19-17(20)12-22-10-9-21-15-7-4-6-14(18)11-15/h4,6-7,11,13,16H,2-3,5,8-10,12H2,1H3,(H,19,20). The SMILES string of the molecule is CC1CCCCC1NC(=O)CSCCOc1cccc(Br)c1. The molecule has 1 N–H and O–H groups in total. The van der Waals surface area contributed by atoms with Crippen LogP contribution in [0.15, 0.2) is 28.7 Å². The molecule has 3 nitrogen and oxygen atoms in total. The van der Waals surface area contributed by atoms with Crippen molar-refractivity contribution in [1.29, 1.82) is 0 Å². The summed E-state index contributed by atoms with van der Waals surface area (Å²) < 4.78 is 6.67. The van der Waals surface area contributed by atoms with E-state index in [0.29, 0.717) is 24.3 Å². The molecule has 2 atom stereocenters. The first-order valence-electron chi connectivity index (χ1n) is 7.90. The first kappa shape index (κ1) is 17.7. The zero-order chi connectivity index (χ0) is 15.8. The van der Waals surface area contributed by atoms with E-state index in [2.05, 4.69) is 28.2 Å². The van der Waals surface area contributed by atoms with Crippen molar-refractivity contribution in [3.05, 3.63) is 28.7 Å². The fourth-order valence-electron chi connectivity index (χ4n) is 2.72. The molecule has 1 aromatic rings. The third-order valence-corrected chi connectivity index (χ3v) is 5.40. The number of halogens is 1. The fraction of sp³-hybridized carbons (Fsp3) is 0.588. The van der Waals surface area contributed by atoms with Crippen molar-refractivity contribution in [3.63, 3.8) is 0 Å². The van der Waals surface area contributed by atoms with Gasteiger partial charge in [0.1, 0.15) is 5.75 Å². The first-order chi connectivity index (χ1) is 10.6. The highest BCUT2D eigenvalue weighted by Crippen LogP contribution is 2.23. The Kier molecular flexibility index (Phi) is 7.60. The predicted octanol–water partition coefficient (Wildman–Crippen LogP) is 4.26. The minimum absolute atomic E-state index is 0.159. The van der Waals surface area contributed by atoms with E-state index in [1.54, 1.807) is 11.8 Å². The number of carbonyl (C=O) groups is 1. The van der Waals surface area contributed by atoms with E-state index in [9.17, 15) is 4.79 Å². The van der Waals surface area contributed by atoms with E-state index in [1.165, 1.54) is 19.3 Å². The van der Waals surface area contributed by atoms with Crippen molar-refractivity contribution >= 4 is 33.6 Å². The number of rotatable bonds is 7. The number of thioether (sulfide) groups is 1. The van der Waals surface area contributed by atoms with Gasteiger partial charge in [-0.25, -0.2) is 0 Å². The van der Waals surface area contributed by atoms with Gasteiger partial charge < -0.3 is 10.1 Å². The first-order valence-corrected chi connectivity index (χ1v) is 9.85. The number of carbonyl (C=O) groups excluding carboxylic acids is 1. The maximum Gasteiger partial charge on any atom is 0.230 e. The summed E-state index contributed by atoms with van der Waals surface area (Å²) in [6, 6.07) is 8.18. The summed E-state index contributed by atoms with van der Waals surface area (Å²) in [5.41, 5.74) is 0. The van der Waals surface area contributed by atoms with Crippen LogP contribution in [-0.4, -0.2) is 30.1 Å². The molecule has 1 aromatic carbocycles. The molecule has 2 unspecified atom stereocenters. The molecule has 1 saturated carbocycles. The molecule has 1 aliphatic carbocycles. The minimum atomic E-state index is 0.159. The van der Waals surface area contributed by atoms with Crippen LogP contribution in [0.25, 0.3) is 0 Å². The Bertz CT molecular complexity index is 483. The van der Waals surface area contributed by atoms with Gasteiger partial charge in [0.15, 0.2) is 0 Å². The van der Waals surface area contributed by atoms with Crippen molar-refractivity contribution in [2.75, 3.05) is 18.1 Å². The lowest BCUT2D eigenvalue weighted by atomic mass is 9.86. The monoisotopic (exact) mass is 385 g/mol. The Balaban J connectivity index is 1.57.